The van der Waals surface area contributed by atoms with Crippen LogP contribution < -0.4 is 5.32 Å². The number of thiophene rings is 1. The maximum atomic E-state index is 11.5. The topological polar surface area (TPSA) is 29.1 Å². The van der Waals surface area contributed by atoms with E-state index < -0.39 is 0 Å². The van der Waals surface area contributed by atoms with Crippen molar-refractivity contribution in [1.82, 2.24) is 5.32 Å². The molecule has 1 aromatic rings. The molecule has 3 heteroatoms. The van der Waals surface area contributed by atoms with Gasteiger partial charge in [-0.2, -0.15) is 11.3 Å². The molecule has 1 heterocycles. The Morgan fingerprint density at radius 3 is 3.00 bits per heavy atom. The quantitative estimate of drug-likeness (QED) is 0.580. The number of aryl methyl sites for hydroxylation is 1. The van der Waals surface area contributed by atoms with Gasteiger partial charge in [0.05, 0.1) is 5.56 Å². The van der Waals surface area contributed by atoms with Crippen molar-refractivity contribution in [3.05, 3.63) is 34.5 Å². The molecule has 0 radical (unpaired) electrons. The molecule has 0 aliphatic rings. The summed E-state index contributed by atoms with van der Waals surface area (Å²) in [5.74, 6) is 0.0144. The monoisotopic (exact) mass is 195 g/mol. The Morgan fingerprint density at radius 1 is 1.69 bits per heavy atom. The van der Waals surface area contributed by atoms with Crippen LogP contribution in [-0.4, -0.2) is 12.5 Å². The summed E-state index contributed by atoms with van der Waals surface area (Å²) < 4.78 is 0. The molecule has 1 aromatic heterocycles. The van der Waals surface area contributed by atoms with E-state index in [2.05, 4.69) is 11.9 Å². The third-order valence-corrected chi connectivity index (χ3v) is 2.60. The summed E-state index contributed by atoms with van der Waals surface area (Å²) in [4.78, 5) is 11.5. The summed E-state index contributed by atoms with van der Waals surface area (Å²) in [5.41, 5.74) is 1.83. The van der Waals surface area contributed by atoms with Crippen molar-refractivity contribution >= 4 is 17.2 Å². The number of hydrogen-bond donors (Lipinski definition) is 1. The summed E-state index contributed by atoms with van der Waals surface area (Å²) in [6, 6.07) is 0. The number of rotatable bonds is 4. The van der Waals surface area contributed by atoms with E-state index in [1.165, 1.54) is 0 Å². The van der Waals surface area contributed by atoms with Crippen molar-refractivity contribution in [3.8, 4) is 0 Å². The van der Waals surface area contributed by atoms with E-state index in [1.807, 2.05) is 17.7 Å². The Bertz CT molecular complexity index is 304. The zero-order valence-corrected chi connectivity index (χ0v) is 8.49. The second-order valence-corrected chi connectivity index (χ2v) is 3.55. The molecule has 1 N–H and O–H groups in total. The average molecular weight is 195 g/mol. The lowest BCUT2D eigenvalue weighted by Gasteiger charge is -2.01. The molecule has 0 unspecified atom stereocenters. The van der Waals surface area contributed by atoms with E-state index >= 15 is 0 Å². The van der Waals surface area contributed by atoms with Gasteiger partial charge in [-0.3, -0.25) is 4.79 Å². The van der Waals surface area contributed by atoms with Crippen LogP contribution >= 0.6 is 11.3 Å². The van der Waals surface area contributed by atoms with Crippen LogP contribution in [0.25, 0.3) is 0 Å². The van der Waals surface area contributed by atoms with Crippen molar-refractivity contribution in [1.29, 1.82) is 0 Å². The molecule has 1 rings (SSSR count). The van der Waals surface area contributed by atoms with Crippen molar-refractivity contribution in [2.75, 3.05) is 6.54 Å². The number of amides is 1. The molecule has 0 fully saturated rings. The number of carbonyl (C=O) groups excluding carboxylic acids is 1. The Labute approximate surface area is 82.3 Å². The van der Waals surface area contributed by atoms with Crippen LogP contribution in [0.1, 0.15) is 22.3 Å². The summed E-state index contributed by atoms with van der Waals surface area (Å²) in [6.07, 6.45) is 2.61. The van der Waals surface area contributed by atoms with Crippen molar-refractivity contribution in [3.63, 3.8) is 0 Å². The highest BCUT2D eigenvalue weighted by Gasteiger charge is 2.07. The van der Waals surface area contributed by atoms with Gasteiger partial charge in [0.1, 0.15) is 0 Å². The van der Waals surface area contributed by atoms with Crippen LogP contribution in [0.5, 0.6) is 0 Å². The summed E-state index contributed by atoms with van der Waals surface area (Å²) in [6.45, 7) is 6.20. The molecule has 0 aliphatic carbocycles. The smallest absolute Gasteiger partial charge is 0.252 e. The van der Waals surface area contributed by atoms with Gasteiger partial charge in [0.15, 0.2) is 0 Å². The molecule has 70 valence electrons. The first-order valence-electron chi connectivity index (χ1n) is 4.17. The second-order valence-electron chi connectivity index (χ2n) is 2.80. The SMILES string of the molecule is C=CCCNC(=O)c1cscc1C. The third-order valence-electron chi connectivity index (χ3n) is 1.73. The highest BCUT2D eigenvalue weighted by molar-refractivity contribution is 7.08. The first-order chi connectivity index (χ1) is 6.25. The van der Waals surface area contributed by atoms with Gasteiger partial charge in [-0.15, -0.1) is 6.58 Å². The van der Waals surface area contributed by atoms with Crippen LogP contribution in [0.2, 0.25) is 0 Å². The lowest BCUT2D eigenvalue weighted by molar-refractivity contribution is 0.0954. The zero-order chi connectivity index (χ0) is 9.68. The van der Waals surface area contributed by atoms with Crippen LogP contribution in [0, 0.1) is 6.92 Å². The predicted molar refractivity (Wildman–Crippen MR) is 56.2 cm³/mol. The number of carbonyl (C=O) groups is 1. The standard InChI is InChI=1S/C10H13NOS/c1-3-4-5-11-10(12)9-7-13-6-8(9)2/h3,6-7H,1,4-5H2,2H3,(H,11,12). The molecule has 2 nitrogen and oxygen atoms in total. The van der Waals surface area contributed by atoms with Crippen LogP contribution in [0.15, 0.2) is 23.4 Å². The molecule has 0 saturated heterocycles. The fourth-order valence-electron chi connectivity index (χ4n) is 0.976. The van der Waals surface area contributed by atoms with Gasteiger partial charge in [0, 0.05) is 11.9 Å². The van der Waals surface area contributed by atoms with Crippen LogP contribution in [0.4, 0.5) is 0 Å². The van der Waals surface area contributed by atoms with Crippen molar-refractivity contribution in [2.45, 2.75) is 13.3 Å². The Hall–Kier alpha value is -1.09. The molecule has 0 saturated carbocycles. The number of hydrogen-bond acceptors (Lipinski definition) is 2. The minimum atomic E-state index is 0.0144. The van der Waals surface area contributed by atoms with E-state index in [1.54, 1.807) is 17.4 Å². The lowest BCUT2D eigenvalue weighted by atomic mass is 10.2. The average Bonchev–Trinajstić information content (AvgIpc) is 2.52. The zero-order valence-electron chi connectivity index (χ0n) is 7.67. The number of nitrogens with one attached hydrogen (secondary N) is 1. The molecule has 0 atom stereocenters. The van der Waals surface area contributed by atoms with Gasteiger partial charge in [0.2, 0.25) is 0 Å². The lowest BCUT2D eigenvalue weighted by Crippen LogP contribution is -2.24. The van der Waals surface area contributed by atoms with Gasteiger partial charge in [-0.1, -0.05) is 6.08 Å². The van der Waals surface area contributed by atoms with Crippen molar-refractivity contribution in [2.24, 2.45) is 0 Å². The van der Waals surface area contributed by atoms with E-state index in [4.69, 9.17) is 0 Å². The van der Waals surface area contributed by atoms with Gasteiger partial charge < -0.3 is 5.32 Å². The first kappa shape index (κ1) is 9.99. The van der Waals surface area contributed by atoms with E-state index in [0.717, 1.165) is 17.5 Å². The summed E-state index contributed by atoms with van der Waals surface area (Å²) in [7, 11) is 0. The van der Waals surface area contributed by atoms with Gasteiger partial charge in [-0.25, -0.2) is 0 Å². The molecule has 1 amide bonds. The van der Waals surface area contributed by atoms with Gasteiger partial charge in [-0.05, 0) is 24.3 Å². The molecule has 0 spiro atoms. The molecule has 13 heavy (non-hydrogen) atoms. The second kappa shape index (κ2) is 4.82. The predicted octanol–water partition coefficient (Wildman–Crippen LogP) is 2.36. The largest absolute Gasteiger partial charge is 0.352 e. The Kier molecular flexibility index (Phi) is 3.71. The fraction of sp³-hybridized carbons (Fsp3) is 0.300. The third kappa shape index (κ3) is 2.70. The maximum absolute atomic E-state index is 11.5. The Morgan fingerprint density at radius 2 is 2.46 bits per heavy atom. The molecule has 0 aromatic carbocycles. The van der Waals surface area contributed by atoms with E-state index in [9.17, 15) is 4.79 Å². The minimum Gasteiger partial charge on any atom is -0.352 e. The molecule has 0 aliphatic heterocycles. The molecular formula is C10H13NOS. The summed E-state index contributed by atoms with van der Waals surface area (Å²) >= 11 is 1.55. The fourth-order valence-corrected chi connectivity index (χ4v) is 1.80. The highest BCUT2D eigenvalue weighted by atomic mass is 32.1. The van der Waals surface area contributed by atoms with Crippen LogP contribution in [-0.2, 0) is 0 Å². The van der Waals surface area contributed by atoms with Crippen LogP contribution in [0.3, 0.4) is 0 Å². The Balaban J connectivity index is 2.49. The van der Waals surface area contributed by atoms with Crippen molar-refractivity contribution < 1.29 is 4.79 Å². The van der Waals surface area contributed by atoms with E-state index in [0.29, 0.717) is 6.54 Å². The van der Waals surface area contributed by atoms with Gasteiger partial charge >= 0.3 is 0 Å². The van der Waals surface area contributed by atoms with E-state index in [-0.39, 0.29) is 5.91 Å². The first-order valence-corrected chi connectivity index (χ1v) is 5.12. The summed E-state index contributed by atoms with van der Waals surface area (Å²) in [5, 5.41) is 6.67. The molecular weight excluding hydrogens is 182 g/mol. The van der Waals surface area contributed by atoms with Gasteiger partial charge in [0.25, 0.3) is 5.91 Å². The minimum absolute atomic E-state index is 0.0144. The molecule has 0 bridgehead atoms. The maximum Gasteiger partial charge on any atom is 0.252 e. The highest BCUT2D eigenvalue weighted by Crippen LogP contribution is 2.12. The normalized spacial score (nSPS) is 9.62.